The van der Waals surface area contributed by atoms with Gasteiger partial charge in [-0.05, 0) is 62.8 Å². The fourth-order valence-corrected chi connectivity index (χ4v) is 3.70. The Hall–Kier alpha value is -3.18. The van der Waals surface area contributed by atoms with E-state index in [-0.39, 0.29) is 17.0 Å². The van der Waals surface area contributed by atoms with E-state index in [0.717, 1.165) is 5.56 Å². The van der Waals surface area contributed by atoms with E-state index >= 15 is 0 Å². The number of hydrogen-bond acceptors (Lipinski definition) is 4. The van der Waals surface area contributed by atoms with E-state index in [1.54, 1.807) is 42.5 Å². The van der Waals surface area contributed by atoms with Crippen LogP contribution in [-0.2, 0) is 5.41 Å². The van der Waals surface area contributed by atoms with Crippen molar-refractivity contribution in [1.29, 1.82) is 0 Å². The summed E-state index contributed by atoms with van der Waals surface area (Å²) in [6, 6.07) is 19.8. The van der Waals surface area contributed by atoms with Crippen LogP contribution >= 0.6 is 15.9 Å². The molecule has 3 aromatic carbocycles. The van der Waals surface area contributed by atoms with Crippen LogP contribution in [0.15, 0.2) is 77.0 Å². The molecular formula is C26H21BrO4. The van der Waals surface area contributed by atoms with Crippen molar-refractivity contribution in [3.8, 4) is 11.5 Å². The summed E-state index contributed by atoms with van der Waals surface area (Å²) < 4.78 is 11.9. The van der Waals surface area contributed by atoms with Crippen LogP contribution < -0.4 is 9.47 Å². The lowest BCUT2D eigenvalue weighted by Gasteiger charge is -2.18. The number of carbonyl (C=O) groups excluding carboxylic acids is 2. The Bertz CT molecular complexity index is 1200. The van der Waals surface area contributed by atoms with Crippen molar-refractivity contribution in [2.24, 2.45) is 0 Å². The fraction of sp³-hybridized carbons (Fsp3) is 0.154. The molecule has 4 nitrogen and oxygen atoms in total. The molecule has 0 aromatic heterocycles. The van der Waals surface area contributed by atoms with Gasteiger partial charge in [-0.3, -0.25) is 4.79 Å². The Morgan fingerprint density at radius 3 is 2.39 bits per heavy atom. The highest BCUT2D eigenvalue weighted by Gasteiger charge is 2.28. The van der Waals surface area contributed by atoms with Crippen molar-refractivity contribution in [3.63, 3.8) is 0 Å². The van der Waals surface area contributed by atoms with Gasteiger partial charge in [-0.2, -0.15) is 0 Å². The number of ketones is 1. The molecule has 31 heavy (non-hydrogen) atoms. The Morgan fingerprint density at radius 1 is 1.00 bits per heavy atom. The quantitative estimate of drug-likeness (QED) is 0.243. The van der Waals surface area contributed by atoms with Crippen molar-refractivity contribution in [2.75, 3.05) is 0 Å². The molecule has 4 rings (SSSR count). The third-order valence-corrected chi connectivity index (χ3v) is 5.71. The summed E-state index contributed by atoms with van der Waals surface area (Å²) in [5.74, 6) is 0.237. The SMILES string of the molecule is CC(C)(C)c1ccc(C=C2Oc3cc(OC(=O)c4ccccc4Br)ccc3C2=O)cc1. The van der Waals surface area contributed by atoms with Gasteiger partial charge in [0.2, 0.25) is 5.78 Å². The maximum Gasteiger partial charge on any atom is 0.344 e. The summed E-state index contributed by atoms with van der Waals surface area (Å²) in [5.41, 5.74) is 3.01. The minimum Gasteiger partial charge on any atom is -0.452 e. The molecule has 156 valence electrons. The highest BCUT2D eigenvalue weighted by Crippen LogP contribution is 2.35. The maximum atomic E-state index is 12.7. The van der Waals surface area contributed by atoms with E-state index < -0.39 is 5.97 Å². The van der Waals surface area contributed by atoms with Crippen molar-refractivity contribution in [2.45, 2.75) is 26.2 Å². The fourth-order valence-electron chi connectivity index (χ4n) is 3.25. The highest BCUT2D eigenvalue weighted by atomic mass is 79.9. The number of halogens is 1. The molecule has 1 heterocycles. The summed E-state index contributed by atoms with van der Waals surface area (Å²) in [4.78, 5) is 25.2. The van der Waals surface area contributed by atoms with Crippen LogP contribution in [0.4, 0.5) is 0 Å². The molecule has 0 saturated heterocycles. The van der Waals surface area contributed by atoms with Gasteiger partial charge in [0.25, 0.3) is 0 Å². The highest BCUT2D eigenvalue weighted by molar-refractivity contribution is 9.10. The number of benzene rings is 3. The molecule has 0 fully saturated rings. The van der Waals surface area contributed by atoms with Crippen molar-refractivity contribution >= 4 is 33.8 Å². The predicted octanol–water partition coefficient (Wildman–Crippen LogP) is 6.58. The number of esters is 1. The van der Waals surface area contributed by atoms with Crippen LogP contribution in [0.1, 0.15) is 52.6 Å². The third-order valence-electron chi connectivity index (χ3n) is 5.02. The number of carbonyl (C=O) groups is 2. The van der Waals surface area contributed by atoms with Crippen LogP contribution in [0.2, 0.25) is 0 Å². The molecule has 0 bridgehead atoms. The first kappa shape index (κ1) is 21.1. The lowest BCUT2D eigenvalue weighted by atomic mass is 9.86. The van der Waals surface area contributed by atoms with Gasteiger partial charge in [0.1, 0.15) is 11.5 Å². The van der Waals surface area contributed by atoms with E-state index in [4.69, 9.17) is 9.47 Å². The number of allylic oxidation sites excluding steroid dienone is 1. The molecule has 3 aromatic rings. The van der Waals surface area contributed by atoms with E-state index in [1.807, 2.05) is 18.2 Å². The van der Waals surface area contributed by atoms with Crippen LogP contribution in [-0.4, -0.2) is 11.8 Å². The zero-order chi connectivity index (χ0) is 22.2. The molecule has 0 atom stereocenters. The zero-order valence-corrected chi connectivity index (χ0v) is 19.0. The Kier molecular flexibility index (Phi) is 5.54. The van der Waals surface area contributed by atoms with E-state index in [2.05, 4.69) is 48.8 Å². The smallest absolute Gasteiger partial charge is 0.344 e. The Morgan fingerprint density at radius 2 is 1.71 bits per heavy atom. The molecule has 0 saturated carbocycles. The molecule has 0 unspecified atom stereocenters. The maximum absolute atomic E-state index is 12.7. The van der Waals surface area contributed by atoms with Crippen molar-refractivity contribution in [3.05, 3.63) is 99.2 Å². The Balaban J connectivity index is 1.53. The second kappa shape index (κ2) is 8.16. The number of hydrogen-bond donors (Lipinski definition) is 0. The van der Waals surface area contributed by atoms with Crippen LogP contribution in [0, 0.1) is 0 Å². The molecule has 0 aliphatic carbocycles. The standard InChI is InChI=1S/C26H21BrO4/c1-26(2,3)17-10-8-16(9-11-17)14-23-24(28)20-13-12-18(15-22(20)31-23)30-25(29)19-6-4-5-7-21(19)27/h4-15H,1-3H3. The minimum atomic E-state index is -0.494. The van der Waals surface area contributed by atoms with Gasteiger partial charge in [0.05, 0.1) is 11.1 Å². The number of Topliss-reactive ketones (excluding diaryl/α,β-unsaturated/α-hetero) is 1. The summed E-state index contributed by atoms with van der Waals surface area (Å²) in [6.07, 6.45) is 1.72. The zero-order valence-electron chi connectivity index (χ0n) is 17.4. The van der Waals surface area contributed by atoms with Crippen molar-refractivity contribution in [1.82, 2.24) is 0 Å². The average molecular weight is 477 g/mol. The van der Waals surface area contributed by atoms with E-state index in [0.29, 0.717) is 27.1 Å². The summed E-state index contributed by atoms with van der Waals surface area (Å²) in [7, 11) is 0. The molecule has 1 aliphatic heterocycles. The van der Waals surface area contributed by atoms with E-state index in [1.165, 1.54) is 5.56 Å². The Labute approximate surface area is 189 Å². The van der Waals surface area contributed by atoms with Gasteiger partial charge in [-0.15, -0.1) is 0 Å². The van der Waals surface area contributed by atoms with Gasteiger partial charge < -0.3 is 9.47 Å². The molecule has 0 amide bonds. The van der Waals surface area contributed by atoms with Crippen LogP contribution in [0.3, 0.4) is 0 Å². The van der Waals surface area contributed by atoms with Crippen LogP contribution in [0.25, 0.3) is 6.08 Å². The van der Waals surface area contributed by atoms with Gasteiger partial charge in [-0.25, -0.2) is 4.79 Å². The van der Waals surface area contributed by atoms with Gasteiger partial charge in [0.15, 0.2) is 5.76 Å². The molecule has 0 spiro atoms. The van der Waals surface area contributed by atoms with Gasteiger partial charge in [0, 0.05) is 10.5 Å². The average Bonchev–Trinajstić information content (AvgIpc) is 3.02. The molecular weight excluding hydrogens is 456 g/mol. The molecule has 0 N–H and O–H groups in total. The second-order valence-corrected chi connectivity index (χ2v) is 9.19. The largest absolute Gasteiger partial charge is 0.452 e. The second-order valence-electron chi connectivity index (χ2n) is 8.34. The number of rotatable bonds is 3. The first-order valence-electron chi connectivity index (χ1n) is 9.88. The van der Waals surface area contributed by atoms with E-state index in [9.17, 15) is 9.59 Å². The minimum absolute atomic E-state index is 0.0603. The molecule has 5 heteroatoms. The first-order valence-corrected chi connectivity index (χ1v) is 10.7. The first-order chi connectivity index (χ1) is 14.7. The normalized spacial score (nSPS) is 14.3. The summed E-state index contributed by atoms with van der Waals surface area (Å²) in [6.45, 7) is 6.46. The number of fused-ring (bicyclic) bond motifs is 1. The van der Waals surface area contributed by atoms with Gasteiger partial charge in [-0.1, -0.05) is 57.2 Å². The molecule has 1 aliphatic rings. The van der Waals surface area contributed by atoms with Crippen molar-refractivity contribution < 1.29 is 19.1 Å². The van der Waals surface area contributed by atoms with Crippen LogP contribution in [0.5, 0.6) is 11.5 Å². The number of ether oxygens (including phenoxy) is 2. The predicted molar refractivity (Wildman–Crippen MR) is 124 cm³/mol. The van der Waals surface area contributed by atoms with Gasteiger partial charge >= 0.3 is 5.97 Å². The molecule has 0 radical (unpaired) electrons. The summed E-state index contributed by atoms with van der Waals surface area (Å²) >= 11 is 3.34. The monoisotopic (exact) mass is 476 g/mol. The topological polar surface area (TPSA) is 52.6 Å². The lowest BCUT2D eigenvalue weighted by Crippen LogP contribution is -2.10. The summed E-state index contributed by atoms with van der Waals surface area (Å²) in [5, 5.41) is 0. The third kappa shape index (κ3) is 4.47. The lowest BCUT2D eigenvalue weighted by molar-refractivity contribution is 0.0733.